The predicted octanol–water partition coefficient (Wildman–Crippen LogP) is 2.31. The third-order valence-electron chi connectivity index (χ3n) is 3.74. The highest BCUT2D eigenvalue weighted by Gasteiger charge is 2.24. The van der Waals surface area contributed by atoms with Crippen LogP contribution in [-0.4, -0.2) is 31.4 Å². The Kier molecular flexibility index (Phi) is 6.82. The highest BCUT2D eigenvalue weighted by molar-refractivity contribution is 7.80. The lowest BCUT2D eigenvalue weighted by molar-refractivity contribution is 0.195. The number of hydrogen-bond acceptors (Lipinski definition) is 2. The van der Waals surface area contributed by atoms with E-state index in [1.54, 1.807) is 7.11 Å². The molecule has 4 heteroatoms. The van der Waals surface area contributed by atoms with E-state index in [2.05, 4.69) is 24.5 Å². The molecule has 0 heterocycles. The second kappa shape index (κ2) is 7.88. The first-order valence-corrected chi connectivity index (χ1v) is 7.07. The largest absolute Gasteiger partial charge is 0.385 e. The maximum atomic E-state index is 5.29. The standard InChI is InChI=1S/C13H26N2OS/c1-10-5-6-12(9-11(10)2)15-13(17)14-7-4-8-16-3/h10-12H,4-9H2,1-3H3,(H2,14,15,17). The van der Waals surface area contributed by atoms with E-state index >= 15 is 0 Å². The van der Waals surface area contributed by atoms with Crippen LogP contribution in [0.5, 0.6) is 0 Å². The first-order valence-electron chi connectivity index (χ1n) is 6.66. The topological polar surface area (TPSA) is 33.3 Å². The highest BCUT2D eigenvalue weighted by atomic mass is 32.1. The lowest BCUT2D eigenvalue weighted by Crippen LogP contribution is -2.45. The summed E-state index contributed by atoms with van der Waals surface area (Å²) in [7, 11) is 1.72. The minimum absolute atomic E-state index is 0.559. The fraction of sp³-hybridized carbons (Fsp3) is 0.923. The van der Waals surface area contributed by atoms with Crippen molar-refractivity contribution >= 4 is 17.3 Å². The number of hydrogen-bond donors (Lipinski definition) is 2. The smallest absolute Gasteiger partial charge is 0.166 e. The summed E-state index contributed by atoms with van der Waals surface area (Å²) >= 11 is 5.29. The molecule has 0 aliphatic heterocycles. The maximum absolute atomic E-state index is 5.29. The van der Waals surface area contributed by atoms with E-state index in [4.69, 9.17) is 17.0 Å². The summed E-state index contributed by atoms with van der Waals surface area (Å²) in [6.45, 7) is 6.36. The summed E-state index contributed by atoms with van der Waals surface area (Å²) in [5, 5.41) is 7.46. The SMILES string of the molecule is COCCCNC(=S)NC1CCC(C)C(C)C1. The van der Waals surface area contributed by atoms with Crippen LogP contribution in [0.25, 0.3) is 0 Å². The summed E-state index contributed by atoms with van der Waals surface area (Å²) in [6.07, 6.45) is 4.79. The molecule has 0 aromatic heterocycles. The van der Waals surface area contributed by atoms with E-state index in [1.807, 2.05) is 0 Å². The molecule has 1 aliphatic carbocycles. The van der Waals surface area contributed by atoms with E-state index in [0.29, 0.717) is 6.04 Å². The van der Waals surface area contributed by atoms with Crippen LogP contribution in [0.3, 0.4) is 0 Å². The first-order chi connectivity index (χ1) is 8.13. The number of nitrogens with one attached hydrogen (secondary N) is 2. The average molecular weight is 258 g/mol. The van der Waals surface area contributed by atoms with E-state index in [0.717, 1.165) is 36.5 Å². The summed E-state index contributed by atoms with van der Waals surface area (Å²) in [5.41, 5.74) is 0. The van der Waals surface area contributed by atoms with E-state index in [-0.39, 0.29) is 0 Å². The first kappa shape index (κ1) is 14.7. The van der Waals surface area contributed by atoms with E-state index in [1.165, 1.54) is 19.3 Å². The third kappa shape index (κ3) is 5.68. The van der Waals surface area contributed by atoms with Crippen molar-refractivity contribution in [2.45, 2.75) is 45.6 Å². The zero-order chi connectivity index (χ0) is 12.7. The molecule has 0 spiro atoms. The third-order valence-corrected chi connectivity index (χ3v) is 4.01. The van der Waals surface area contributed by atoms with Gasteiger partial charge in [0.25, 0.3) is 0 Å². The molecular weight excluding hydrogens is 232 g/mol. The van der Waals surface area contributed by atoms with Crippen LogP contribution >= 0.6 is 12.2 Å². The van der Waals surface area contributed by atoms with Gasteiger partial charge >= 0.3 is 0 Å². The predicted molar refractivity (Wildman–Crippen MR) is 76.2 cm³/mol. The monoisotopic (exact) mass is 258 g/mol. The Morgan fingerprint density at radius 1 is 1.29 bits per heavy atom. The fourth-order valence-electron chi connectivity index (χ4n) is 2.33. The molecule has 0 bridgehead atoms. The lowest BCUT2D eigenvalue weighted by Gasteiger charge is -2.33. The van der Waals surface area contributed by atoms with Crippen LogP contribution in [0.1, 0.15) is 39.5 Å². The molecular formula is C13H26N2OS. The van der Waals surface area contributed by atoms with E-state index < -0.39 is 0 Å². The molecule has 0 aromatic rings. The molecule has 17 heavy (non-hydrogen) atoms. The second-order valence-corrected chi connectivity index (χ2v) is 5.62. The molecule has 0 saturated heterocycles. The molecule has 1 rings (SSSR count). The van der Waals surface area contributed by atoms with Crippen molar-refractivity contribution in [2.75, 3.05) is 20.3 Å². The normalized spacial score (nSPS) is 28.8. The van der Waals surface area contributed by atoms with Crippen LogP contribution < -0.4 is 10.6 Å². The van der Waals surface area contributed by atoms with Gasteiger partial charge in [0.15, 0.2) is 5.11 Å². The summed E-state index contributed by atoms with van der Waals surface area (Å²) in [5.74, 6) is 1.66. The van der Waals surface area contributed by atoms with Gasteiger partial charge in [-0.15, -0.1) is 0 Å². The molecule has 3 unspecified atom stereocenters. The van der Waals surface area contributed by atoms with Crippen LogP contribution in [0, 0.1) is 11.8 Å². The Hall–Kier alpha value is -0.350. The van der Waals surface area contributed by atoms with Crippen LogP contribution in [0.2, 0.25) is 0 Å². The second-order valence-electron chi connectivity index (χ2n) is 5.21. The van der Waals surface area contributed by atoms with Crippen molar-refractivity contribution in [3.8, 4) is 0 Å². The minimum atomic E-state index is 0.559. The summed E-state index contributed by atoms with van der Waals surface area (Å²) in [4.78, 5) is 0. The molecule has 0 amide bonds. The van der Waals surface area contributed by atoms with Crippen molar-refractivity contribution in [3.63, 3.8) is 0 Å². The van der Waals surface area contributed by atoms with Gasteiger partial charge in [-0.25, -0.2) is 0 Å². The Morgan fingerprint density at radius 3 is 2.71 bits per heavy atom. The molecule has 0 aromatic carbocycles. The Labute approximate surface area is 111 Å². The zero-order valence-corrected chi connectivity index (χ0v) is 12.1. The molecule has 1 aliphatic rings. The Balaban J connectivity index is 2.14. The van der Waals surface area contributed by atoms with Gasteiger partial charge in [-0.2, -0.15) is 0 Å². The van der Waals surface area contributed by atoms with Crippen molar-refractivity contribution in [1.29, 1.82) is 0 Å². The van der Waals surface area contributed by atoms with Crippen LogP contribution in [0.4, 0.5) is 0 Å². The molecule has 1 saturated carbocycles. The van der Waals surface area contributed by atoms with Gasteiger partial charge in [-0.1, -0.05) is 13.8 Å². The van der Waals surface area contributed by atoms with E-state index in [9.17, 15) is 0 Å². The fourth-order valence-corrected chi connectivity index (χ4v) is 2.60. The number of methoxy groups -OCH3 is 1. The maximum Gasteiger partial charge on any atom is 0.166 e. The van der Waals surface area contributed by atoms with Gasteiger partial charge in [0.1, 0.15) is 0 Å². The van der Waals surface area contributed by atoms with Crippen LogP contribution in [-0.2, 0) is 4.74 Å². The molecule has 2 N–H and O–H groups in total. The van der Waals surface area contributed by atoms with Gasteiger partial charge in [0.05, 0.1) is 0 Å². The van der Waals surface area contributed by atoms with Crippen molar-refractivity contribution in [2.24, 2.45) is 11.8 Å². The van der Waals surface area contributed by atoms with Gasteiger partial charge in [0.2, 0.25) is 0 Å². The molecule has 1 fully saturated rings. The number of thiocarbonyl (C=S) groups is 1. The summed E-state index contributed by atoms with van der Waals surface area (Å²) < 4.78 is 5.00. The molecule has 3 atom stereocenters. The summed E-state index contributed by atoms with van der Waals surface area (Å²) in [6, 6.07) is 0.559. The molecule has 100 valence electrons. The Morgan fingerprint density at radius 2 is 2.06 bits per heavy atom. The number of ether oxygens (including phenoxy) is 1. The van der Waals surface area contributed by atoms with Crippen molar-refractivity contribution in [3.05, 3.63) is 0 Å². The van der Waals surface area contributed by atoms with Crippen LogP contribution in [0.15, 0.2) is 0 Å². The van der Waals surface area contributed by atoms with Gasteiger partial charge in [-0.05, 0) is 49.7 Å². The average Bonchev–Trinajstić information content (AvgIpc) is 2.30. The van der Waals surface area contributed by atoms with Gasteiger partial charge < -0.3 is 15.4 Å². The molecule has 3 nitrogen and oxygen atoms in total. The minimum Gasteiger partial charge on any atom is -0.385 e. The molecule has 0 radical (unpaired) electrons. The highest BCUT2D eigenvalue weighted by Crippen LogP contribution is 2.29. The van der Waals surface area contributed by atoms with Gasteiger partial charge in [-0.3, -0.25) is 0 Å². The number of rotatable bonds is 5. The van der Waals surface area contributed by atoms with Crippen molar-refractivity contribution < 1.29 is 4.74 Å². The Bertz CT molecular complexity index is 235. The lowest BCUT2D eigenvalue weighted by atomic mass is 9.79. The van der Waals surface area contributed by atoms with Crippen molar-refractivity contribution in [1.82, 2.24) is 10.6 Å². The zero-order valence-electron chi connectivity index (χ0n) is 11.3. The van der Waals surface area contributed by atoms with Gasteiger partial charge in [0, 0.05) is 26.3 Å². The quantitative estimate of drug-likeness (QED) is 0.586.